The molecule has 4 saturated carbocycles. The van der Waals surface area contributed by atoms with Crippen LogP contribution < -0.4 is 5.32 Å². The van der Waals surface area contributed by atoms with Crippen molar-refractivity contribution in [3.8, 4) is 0 Å². The third-order valence-electron chi connectivity index (χ3n) is 8.88. The molecule has 5 aliphatic rings. The minimum absolute atomic E-state index is 0.241. The number of benzene rings is 1. The summed E-state index contributed by atoms with van der Waals surface area (Å²) in [5, 5.41) is 2.74. The first kappa shape index (κ1) is 23.1. The van der Waals surface area contributed by atoms with Crippen LogP contribution in [-0.4, -0.2) is 44.7 Å². The number of carbonyl (C=O) groups is 3. The lowest BCUT2D eigenvalue weighted by atomic mass is 9.52. The van der Waals surface area contributed by atoms with Gasteiger partial charge >= 0.3 is 6.03 Å². The van der Waals surface area contributed by atoms with Gasteiger partial charge in [-0.15, -0.1) is 0 Å². The van der Waals surface area contributed by atoms with Crippen molar-refractivity contribution in [2.45, 2.75) is 63.1 Å². The standard InChI is InChI=1S/C28H31FN4O3/c1-27(23-4-2-3-9-30-23)25(35)32(26(36)31-27)17-24(34)33(16-18-5-7-22(29)8-6-18)28-13-19-10-20(14-28)12-21(11-19)15-28/h2-9,19-21H,10-17H2,1H3,(H,31,36). The molecule has 7 nitrogen and oxygen atoms in total. The molecule has 7 rings (SSSR count). The SMILES string of the molecule is CC1(c2ccccn2)NC(=O)N(CC(=O)N(Cc2ccc(F)cc2)C23CC4CC(CC(C4)C2)C3)C1=O. The molecule has 1 unspecified atom stereocenters. The van der Waals surface area contributed by atoms with E-state index in [2.05, 4.69) is 10.3 Å². The average molecular weight is 491 g/mol. The van der Waals surface area contributed by atoms with Gasteiger partial charge in [0.1, 0.15) is 12.4 Å². The maximum Gasteiger partial charge on any atom is 0.325 e. The lowest BCUT2D eigenvalue weighted by Gasteiger charge is -2.60. The molecule has 4 bridgehead atoms. The number of nitrogens with one attached hydrogen (secondary N) is 1. The van der Waals surface area contributed by atoms with Crippen molar-refractivity contribution in [3.05, 3.63) is 65.7 Å². The first-order chi connectivity index (χ1) is 17.3. The Morgan fingerprint density at radius 1 is 1.06 bits per heavy atom. The Kier molecular flexibility index (Phi) is 5.39. The van der Waals surface area contributed by atoms with Crippen LogP contribution in [-0.2, 0) is 21.7 Å². The van der Waals surface area contributed by atoms with Crippen molar-refractivity contribution >= 4 is 17.8 Å². The fourth-order valence-electron chi connectivity index (χ4n) is 7.58. The molecule has 36 heavy (non-hydrogen) atoms. The van der Waals surface area contributed by atoms with Crippen LogP contribution in [0, 0.1) is 23.6 Å². The lowest BCUT2D eigenvalue weighted by Crippen LogP contribution is -2.62. The van der Waals surface area contributed by atoms with E-state index in [1.54, 1.807) is 43.5 Å². The predicted octanol–water partition coefficient (Wildman–Crippen LogP) is 3.99. The van der Waals surface area contributed by atoms with Crippen LogP contribution in [0.1, 0.15) is 56.7 Å². The third-order valence-corrected chi connectivity index (χ3v) is 8.88. The second kappa shape index (κ2) is 8.39. The van der Waals surface area contributed by atoms with Crippen molar-refractivity contribution in [2.75, 3.05) is 6.54 Å². The molecule has 1 saturated heterocycles. The van der Waals surface area contributed by atoms with E-state index in [1.165, 1.54) is 31.4 Å². The summed E-state index contributed by atoms with van der Waals surface area (Å²) in [5.41, 5.74) is -0.316. The average Bonchev–Trinajstić information content (AvgIpc) is 3.07. The van der Waals surface area contributed by atoms with E-state index in [4.69, 9.17) is 0 Å². The molecule has 4 amide bonds. The van der Waals surface area contributed by atoms with Gasteiger partial charge in [-0.1, -0.05) is 18.2 Å². The Hall–Kier alpha value is -3.29. The normalized spacial score (nSPS) is 32.6. The lowest BCUT2D eigenvalue weighted by molar-refractivity contribution is -0.155. The summed E-state index contributed by atoms with van der Waals surface area (Å²) in [7, 11) is 0. The Bertz CT molecular complexity index is 1170. The van der Waals surface area contributed by atoms with Gasteiger partial charge in [-0.3, -0.25) is 19.5 Å². The van der Waals surface area contributed by atoms with E-state index in [0.29, 0.717) is 30.0 Å². The van der Waals surface area contributed by atoms with Crippen molar-refractivity contribution in [3.63, 3.8) is 0 Å². The van der Waals surface area contributed by atoms with Gasteiger partial charge in [0.05, 0.1) is 5.69 Å². The summed E-state index contributed by atoms with van der Waals surface area (Å²) < 4.78 is 13.6. The highest BCUT2D eigenvalue weighted by atomic mass is 19.1. The zero-order chi connectivity index (χ0) is 25.1. The van der Waals surface area contributed by atoms with Gasteiger partial charge in [-0.2, -0.15) is 0 Å². The largest absolute Gasteiger partial charge is 0.331 e. The first-order valence-corrected chi connectivity index (χ1v) is 12.9. The molecule has 1 N–H and O–H groups in total. The molecule has 4 aliphatic carbocycles. The van der Waals surface area contributed by atoms with E-state index in [9.17, 15) is 18.8 Å². The maximum absolute atomic E-state index is 14.0. The minimum atomic E-state index is -1.32. The Morgan fingerprint density at radius 3 is 2.28 bits per heavy atom. The van der Waals surface area contributed by atoms with E-state index in [1.807, 2.05) is 4.90 Å². The van der Waals surface area contributed by atoms with Gasteiger partial charge in [0.25, 0.3) is 5.91 Å². The molecule has 1 aromatic heterocycles. The van der Waals surface area contributed by atoms with Gasteiger partial charge < -0.3 is 10.2 Å². The van der Waals surface area contributed by atoms with Crippen molar-refractivity contribution in [2.24, 2.45) is 17.8 Å². The minimum Gasteiger partial charge on any atom is -0.331 e. The fourth-order valence-corrected chi connectivity index (χ4v) is 7.58. The molecule has 2 aromatic rings. The molecular formula is C28H31FN4O3. The summed E-state index contributed by atoms with van der Waals surface area (Å²) in [4.78, 5) is 47.6. The Balaban J connectivity index is 1.29. The summed E-state index contributed by atoms with van der Waals surface area (Å²) in [6, 6.07) is 10.9. The number of halogens is 1. The molecule has 5 fully saturated rings. The van der Waals surface area contributed by atoms with Crippen LogP contribution in [0.2, 0.25) is 0 Å². The highest BCUT2D eigenvalue weighted by Crippen LogP contribution is 2.58. The number of amides is 4. The molecular weight excluding hydrogens is 459 g/mol. The van der Waals surface area contributed by atoms with Gasteiger partial charge in [-0.05, 0) is 93.0 Å². The fraction of sp³-hybridized carbons (Fsp3) is 0.500. The second-order valence-electron chi connectivity index (χ2n) is 11.4. The topological polar surface area (TPSA) is 82.6 Å². The Morgan fingerprint density at radius 2 is 1.69 bits per heavy atom. The molecule has 0 spiro atoms. The maximum atomic E-state index is 14.0. The summed E-state index contributed by atoms with van der Waals surface area (Å²) in [6.07, 6.45) is 8.13. The van der Waals surface area contributed by atoms with Gasteiger partial charge in [0, 0.05) is 18.3 Å². The van der Waals surface area contributed by atoms with Crippen LogP contribution >= 0.6 is 0 Å². The zero-order valence-corrected chi connectivity index (χ0v) is 20.5. The quantitative estimate of drug-likeness (QED) is 0.621. The van der Waals surface area contributed by atoms with E-state index >= 15 is 0 Å². The first-order valence-electron chi connectivity index (χ1n) is 12.9. The van der Waals surface area contributed by atoms with Gasteiger partial charge in [0.2, 0.25) is 5.91 Å². The Labute approximate surface area is 210 Å². The number of rotatable bonds is 6. The molecule has 1 aromatic carbocycles. The summed E-state index contributed by atoms with van der Waals surface area (Å²) in [6.45, 7) is 1.64. The number of nitrogens with zero attached hydrogens (tertiary/aromatic N) is 3. The van der Waals surface area contributed by atoms with E-state index in [0.717, 1.165) is 29.7 Å². The van der Waals surface area contributed by atoms with Crippen LogP contribution in [0.3, 0.4) is 0 Å². The van der Waals surface area contributed by atoms with Crippen LogP contribution in [0.15, 0.2) is 48.7 Å². The van der Waals surface area contributed by atoms with Gasteiger partial charge in [0.15, 0.2) is 5.54 Å². The number of aromatic nitrogens is 1. The molecule has 1 atom stereocenters. The van der Waals surface area contributed by atoms with Crippen LogP contribution in [0.25, 0.3) is 0 Å². The monoisotopic (exact) mass is 490 g/mol. The smallest absolute Gasteiger partial charge is 0.325 e. The van der Waals surface area contributed by atoms with Crippen molar-refractivity contribution in [1.82, 2.24) is 20.1 Å². The van der Waals surface area contributed by atoms with Crippen LogP contribution in [0.5, 0.6) is 0 Å². The molecule has 8 heteroatoms. The van der Waals surface area contributed by atoms with Crippen molar-refractivity contribution in [1.29, 1.82) is 0 Å². The second-order valence-corrected chi connectivity index (χ2v) is 11.4. The molecule has 188 valence electrons. The highest BCUT2D eigenvalue weighted by Gasteiger charge is 2.56. The predicted molar refractivity (Wildman–Crippen MR) is 130 cm³/mol. The number of imide groups is 1. The van der Waals surface area contributed by atoms with Gasteiger partial charge in [-0.25, -0.2) is 9.18 Å². The van der Waals surface area contributed by atoms with Crippen LogP contribution in [0.4, 0.5) is 9.18 Å². The number of urea groups is 1. The number of carbonyl (C=O) groups excluding carboxylic acids is 3. The number of pyridine rings is 1. The number of hydrogen-bond donors (Lipinski definition) is 1. The number of hydrogen-bond acceptors (Lipinski definition) is 4. The van der Waals surface area contributed by atoms with E-state index < -0.39 is 17.5 Å². The molecule has 0 radical (unpaired) electrons. The van der Waals surface area contributed by atoms with Crippen molar-refractivity contribution < 1.29 is 18.8 Å². The molecule has 2 heterocycles. The van der Waals surface area contributed by atoms with E-state index in [-0.39, 0.29) is 23.8 Å². The highest BCUT2D eigenvalue weighted by molar-refractivity contribution is 6.09. The summed E-state index contributed by atoms with van der Waals surface area (Å²) >= 11 is 0. The summed E-state index contributed by atoms with van der Waals surface area (Å²) in [5.74, 6) is 0.804. The third kappa shape index (κ3) is 3.78. The molecule has 1 aliphatic heterocycles. The zero-order valence-electron chi connectivity index (χ0n) is 20.5.